The molecule has 1 aliphatic rings. The molecule has 1 heterocycles. The molecule has 1 aliphatic heterocycles. The summed E-state index contributed by atoms with van der Waals surface area (Å²) in [5, 5.41) is 13.1. The molecule has 0 bridgehead atoms. The molecule has 1 fully saturated rings. The molecule has 1 aromatic carbocycles. The van der Waals surface area contributed by atoms with Crippen LogP contribution in [0.1, 0.15) is 22.7 Å². The predicted octanol–water partition coefficient (Wildman–Crippen LogP) is 2.35. The molecule has 1 saturated heterocycles. The van der Waals surface area contributed by atoms with Crippen molar-refractivity contribution < 1.29 is 9.50 Å². The highest BCUT2D eigenvalue weighted by Crippen LogP contribution is 2.29. The SMILES string of the molecule is Cc1cc([C@H](CF)N2CCNCC2)cc(C)c1O.Cl. The predicted molar refractivity (Wildman–Crippen MR) is 78.0 cm³/mol. The van der Waals surface area contributed by atoms with Gasteiger partial charge in [-0.25, -0.2) is 4.39 Å². The summed E-state index contributed by atoms with van der Waals surface area (Å²) >= 11 is 0. The van der Waals surface area contributed by atoms with Crippen molar-refractivity contribution in [3.05, 3.63) is 28.8 Å². The molecule has 1 aromatic rings. The normalized spacial score (nSPS) is 17.8. The van der Waals surface area contributed by atoms with E-state index in [2.05, 4.69) is 10.2 Å². The van der Waals surface area contributed by atoms with E-state index in [0.717, 1.165) is 42.9 Å². The van der Waals surface area contributed by atoms with Crippen LogP contribution in [0.5, 0.6) is 5.75 Å². The van der Waals surface area contributed by atoms with Gasteiger partial charge in [-0.2, -0.15) is 0 Å². The molecular formula is C14H22ClFN2O. The summed E-state index contributed by atoms with van der Waals surface area (Å²) in [7, 11) is 0. The van der Waals surface area contributed by atoms with E-state index in [-0.39, 0.29) is 25.1 Å². The number of alkyl halides is 1. The molecule has 0 aliphatic carbocycles. The van der Waals surface area contributed by atoms with Crippen molar-refractivity contribution in [3.8, 4) is 5.75 Å². The van der Waals surface area contributed by atoms with Crippen LogP contribution in [0.25, 0.3) is 0 Å². The van der Waals surface area contributed by atoms with Gasteiger partial charge in [-0.3, -0.25) is 4.90 Å². The summed E-state index contributed by atoms with van der Waals surface area (Å²) in [6, 6.07) is 3.61. The molecule has 0 spiro atoms. The van der Waals surface area contributed by atoms with Gasteiger partial charge in [0, 0.05) is 26.2 Å². The average molecular weight is 289 g/mol. The lowest BCUT2D eigenvalue weighted by atomic mass is 9.99. The van der Waals surface area contributed by atoms with Crippen LogP contribution in [0, 0.1) is 13.8 Å². The number of aryl methyl sites for hydroxylation is 2. The summed E-state index contributed by atoms with van der Waals surface area (Å²) in [5.74, 6) is 0.316. The van der Waals surface area contributed by atoms with E-state index in [1.165, 1.54) is 0 Å². The number of hydrogen-bond donors (Lipinski definition) is 2. The van der Waals surface area contributed by atoms with Gasteiger partial charge in [0.2, 0.25) is 0 Å². The Morgan fingerprint density at radius 2 is 1.79 bits per heavy atom. The fourth-order valence-corrected chi connectivity index (χ4v) is 2.57. The van der Waals surface area contributed by atoms with E-state index in [0.29, 0.717) is 5.75 Å². The minimum Gasteiger partial charge on any atom is -0.507 e. The maximum atomic E-state index is 13.4. The largest absolute Gasteiger partial charge is 0.507 e. The Morgan fingerprint density at radius 3 is 2.26 bits per heavy atom. The zero-order valence-electron chi connectivity index (χ0n) is 11.4. The number of rotatable bonds is 3. The fourth-order valence-electron chi connectivity index (χ4n) is 2.57. The van der Waals surface area contributed by atoms with Crippen molar-refractivity contribution in [2.75, 3.05) is 32.9 Å². The zero-order chi connectivity index (χ0) is 13.1. The van der Waals surface area contributed by atoms with E-state index >= 15 is 0 Å². The maximum Gasteiger partial charge on any atom is 0.121 e. The minimum absolute atomic E-state index is 0. The highest BCUT2D eigenvalue weighted by molar-refractivity contribution is 5.85. The molecule has 2 N–H and O–H groups in total. The lowest BCUT2D eigenvalue weighted by Crippen LogP contribution is -2.45. The van der Waals surface area contributed by atoms with Crippen LogP contribution in [0.3, 0.4) is 0 Å². The fraction of sp³-hybridized carbons (Fsp3) is 0.571. The summed E-state index contributed by atoms with van der Waals surface area (Å²) in [5.41, 5.74) is 2.60. The van der Waals surface area contributed by atoms with Crippen molar-refractivity contribution in [3.63, 3.8) is 0 Å². The van der Waals surface area contributed by atoms with E-state index in [9.17, 15) is 9.50 Å². The standard InChI is InChI=1S/C14H21FN2O.ClH/c1-10-7-12(8-11(2)14(10)18)13(9-15)17-5-3-16-4-6-17;/h7-8,13,16,18H,3-6,9H2,1-2H3;1H/t13-;/m0./s1. The van der Waals surface area contributed by atoms with Crippen molar-refractivity contribution in [1.29, 1.82) is 0 Å². The molecule has 19 heavy (non-hydrogen) atoms. The topological polar surface area (TPSA) is 35.5 Å². The maximum absolute atomic E-state index is 13.4. The van der Waals surface area contributed by atoms with Gasteiger partial charge in [0.1, 0.15) is 12.4 Å². The van der Waals surface area contributed by atoms with E-state index in [1.807, 2.05) is 26.0 Å². The Bertz CT molecular complexity index is 399. The molecule has 0 saturated carbocycles. The number of hydrogen-bond acceptors (Lipinski definition) is 3. The van der Waals surface area contributed by atoms with Gasteiger partial charge >= 0.3 is 0 Å². The number of phenols is 1. The average Bonchev–Trinajstić information content (AvgIpc) is 2.38. The molecule has 0 aromatic heterocycles. The monoisotopic (exact) mass is 288 g/mol. The lowest BCUT2D eigenvalue weighted by molar-refractivity contribution is 0.147. The molecule has 1 atom stereocenters. The number of halogens is 2. The molecule has 5 heteroatoms. The molecular weight excluding hydrogens is 267 g/mol. The first-order chi connectivity index (χ1) is 8.63. The Labute approximate surface area is 120 Å². The van der Waals surface area contributed by atoms with E-state index < -0.39 is 0 Å². The van der Waals surface area contributed by atoms with Crippen LogP contribution >= 0.6 is 12.4 Å². The van der Waals surface area contributed by atoms with Crippen LogP contribution in [0.2, 0.25) is 0 Å². The van der Waals surface area contributed by atoms with Crippen LogP contribution in [-0.2, 0) is 0 Å². The van der Waals surface area contributed by atoms with Gasteiger partial charge < -0.3 is 10.4 Å². The van der Waals surface area contributed by atoms with Crippen molar-refractivity contribution >= 4 is 12.4 Å². The smallest absolute Gasteiger partial charge is 0.121 e. The number of phenolic OH excluding ortho intramolecular Hbond substituents is 1. The van der Waals surface area contributed by atoms with Gasteiger partial charge in [-0.15, -0.1) is 12.4 Å². The second kappa shape index (κ2) is 7.08. The first kappa shape index (κ1) is 16.2. The van der Waals surface area contributed by atoms with Gasteiger partial charge in [0.25, 0.3) is 0 Å². The Kier molecular flexibility index (Phi) is 6.04. The molecule has 3 nitrogen and oxygen atoms in total. The minimum atomic E-state index is -0.385. The zero-order valence-corrected chi connectivity index (χ0v) is 12.3. The molecule has 108 valence electrons. The molecule has 0 radical (unpaired) electrons. The van der Waals surface area contributed by atoms with Crippen molar-refractivity contribution in [2.45, 2.75) is 19.9 Å². The number of benzene rings is 1. The summed E-state index contributed by atoms with van der Waals surface area (Å²) in [6.45, 7) is 6.89. The Hall–Kier alpha value is -0.840. The van der Waals surface area contributed by atoms with Crippen molar-refractivity contribution in [2.24, 2.45) is 0 Å². The van der Waals surface area contributed by atoms with Gasteiger partial charge in [-0.1, -0.05) is 12.1 Å². The third-order valence-electron chi connectivity index (χ3n) is 3.64. The summed E-state index contributed by atoms with van der Waals surface area (Å²) < 4.78 is 13.4. The Balaban J connectivity index is 0.00000180. The van der Waals surface area contributed by atoms with Crippen molar-refractivity contribution in [1.82, 2.24) is 10.2 Å². The first-order valence-corrected chi connectivity index (χ1v) is 6.44. The summed E-state index contributed by atoms with van der Waals surface area (Å²) in [4.78, 5) is 2.17. The Morgan fingerprint density at radius 1 is 1.26 bits per heavy atom. The third-order valence-corrected chi connectivity index (χ3v) is 3.64. The second-order valence-corrected chi connectivity index (χ2v) is 4.96. The number of piperazine rings is 1. The quantitative estimate of drug-likeness (QED) is 0.896. The highest BCUT2D eigenvalue weighted by atomic mass is 35.5. The molecule has 2 rings (SSSR count). The molecule has 0 unspecified atom stereocenters. The van der Waals surface area contributed by atoms with E-state index in [1.54, 1.807) is 0 Å². The number of nitrogens with zero attached hydrogens (tertiary/aromatic N) is 1. The van der Waals surface area contributed by atoms with Crippen LogP contribution in [-0.4, -0.2) is 42.9 Å². The van der Waals surface area contributed by atoms with Gasteiger partial charge in [0.15, 0.2) is 0 Å². The highest BCUT2D eigenvalue weighted by Gasteiger charge is 2.23. The molecule has 0 amide bonds. The third kappa shape index (κ3) is 3.59. The van der Waals surface area contributed by atoms with Crippen LogP contribution in [0.15, 0.2) is 12.1 Å². The van der Waals surface area contributed by atoms with Crippen LogP contribution < -0.4 is 5.32 Å². The van der Waals surface area contributed by atoms with Gasteiger partial charge in [-0.05, 0) is 30.5 Å². The number of aromatic hydroxyl groups is 1. The first-order valence-electron chi connectivity index (χ1n) is 6.44. The van der Waals surface area contributed by atoms with Crippen LogP contribution in [0.4, 0.5) is 4.39 Å². The summed E-state index contributed by atoms with van der Waals surface area (Å²) in [6.07, 6.45) is 0. The van der Waals surface area contributed by atoms with E-state index in [4.69, 9.17) is 0 Å². The lowest BCUT2D eigenvalue weighted by Gasteiger charge is -2.34. The van der Waals surface area contributed by atoms with Gasteiger partial charge in [0.05, 0.1) is 6.04 Å². The second-order valence-electron chi connectivity index (χ2n) is 4.96. The number of nitrogens with one attached hydrogen (secondary N) is 1.